The van der Waals surface area contributed by atoms with E-state index in [9.17, 15) is 19.0 Å². The van der Waals surface area contributed by atoms with Crippen molar-refractivity contribution in [1.29, 1.82) is 0 Å². The number of esters is 2. The van der Waals surface area contributed by atoms with Gasteiger partial charge in [-0.2, -0.15) is 0 Å². The molecular weight excluding hydrogens is 521 g/mol. The van der Waals surface area contributed by atoms with Gasteiger partial charge in [0.15, 0.2) is 6.10 Å². The lowest BCUT2D eigenvalue weighted by Crippen LogP contribution is -2.29. The molecule has 0 saturated heterocycles. The van der Waals surface area contributed by atoms with E-state index in [1.807, 2.05) is 0 Å². The van der Waals surface area contributed by atoms with Gasteiger partial charge in [0.25, 0.3) is 0 Å². The highest BCUT2D eigenvalue weighted by Crippen LogP contribution is 2.43. The van der Waals surface area contributed by atoms with Crippen LogP contribution in [0.1, 0.15) is 142 Å². The minimum atomic E-state index is -4.35. The van der Waals surface area contributed by atoms with Gasteiger partial charge in [-0.25, -0.2) is 4.57 Å². The lowest BCUT2D eigenvalue weighted by Gasteiger charge is -2.19. The van der Waals surface area contributed by atoms with E-state index in [4.69, 9.17) is 24.3 Å². The molecule has 0 aliphatic heterocycles. The standard InChI is InChI=1S/C29H58NO8P/c1-3-5-7-9-11-12-13-14-16-17-19-21-28(31)35-25-27(26-37-39(33,34)36-24-23-30)38-29(32)22-20-18-15-10-8-6-4-2/h27H,3-26,30H2,1-2H3,(H,33,34)/t27-/m1/s1. The van der Waals surface area contributed by atoms with Crippen molar-refractivity contribution in [3.63, 3.8) is 0 Å². The van der Waals surface area contributed by atoms with Gasteiger partial charge in [-0.1, -0.05) is 117 Å². The van der Waals surface area contributed by atoms with E-state index in [1.54, 1.807) is 0 Å². The fourth-order valence-electron chi connectivity index (χ4n) is 4.16. The Labute approximate surface area is 237 Å². The van der Waals surface area contributed by atoms with Crippen molar-refractivity contribution in [2.75, 3.05) is 26.4 Å². The van der Waals surface area contributed by atoms with E-state index < -0.39 is 26.5 Å². The number of rotatable bonds is 29. The number of unbranched alkanes of at least 4 members (excludes halogenated alkanes) is 16. The maximum atomic E-state index is 12.3. The first-order valence-electron chi connectivity index (χ1n) is 15.5. The van der Waals surface area contributed by atoms with Crippen molar-refractivity contribution < 1.29 is 37.6 Å². The first kappa shape index (κ1) is 38.0. The molecule has 0 heterocycles. The molecule has 0 amide bonds. The van der Waals surface area contributed by atoms with Crippen LogP contribution in [0.25, 0.3) is 0 Å². The van der Waals surface area contributed by atoms with Gasteiger partial charge in [0.1, 0.15) is 6.61 Å². The molecule has 3 N–H and O–H groups in total. The number of hydrogen-bond acceptors (Lipinski definition) is 8. The number of phosphoric acid groups is 1. The van der Waals surface area contributed by atoms with Crippen LogP contribution in [-0.2, 0) is 32.7 Å². The number of ether oxygens (including phenoxy) is 2. The third-order valence-electron chi connectivity index (χ3n) is 6.49. The van der Waals surface area contributed by atoms with E-state index >= 15 is 0 Å². The highest BCUT2D eigenvalue weighted by atomic mass is 31.2. The SMILES string of the molecule is CCCCCCCCCCCCCC(=O)OC[C@H](COP(=O)(O)OCCN)OC(=O)CCCCCCCCC. The fraction of sp³-hybridized carbons (Fsp3) is 0.931. The summed E-state index contributed by atoms with van der Waals surface area (Å²) in [5.41, 5.74) is 5.29. The molecule has 1 unspecified atom stereocenters. The van der Waals surface area contributed by atoms with Crippen LogP contribution in [0.4, 0.5) is 0 Å². The minimum absolute atomic E-state index is 0.0570. The molecule has 0 saturated carbocycles. The van der Waals surface area contributed by atoms with E-state index in [0.29, 0.717) is 6.42 Å². The zero-order valence-corrected chi connectivity index (χ0v) is 25.8. The molecule has 0 radical (unpaired) electrons. The van der Waals surface area contributed by atoms with Crippen LogP contribution in [0.3, 0.4) is 0 Å². The van der Waals surface area contributed by atoms with Crippen LogP contribution in [-0.4, -0.2) is 49.3 Å². The summed E-state index contributed by atoms with van der Waals surface area (Å²) in [6, 6.07) is 0. The molecule has 0 aliphatic rings. The molecule has 0 aromatic rings. The maximum Gasteiger partial charge on any atom is 0.472 e. The quantitative estimate of drug-likeness (QED) is 0.0529. The van der Waals surface area contributed by atoms with Gasteiger partial charge in [0.05, 0.1) is 13.2 Å². The summed E-state index contributed by atoms with van der Waals surface area (Å²) in [6.07, 6.45) is 20.1. The first-order chi connectivity index (χ1) is 18.8. The normalized spacial score (nSPS) is 13.6. The predicted molar refractivity (Wildman–Crippen MR) is 155 cm³/mol. The molecule has 9 nitrogen and oxygen atoms in total. The van der Waals surface area contributed by atoms with Crippen molar-refractivity contribution >= 4 is 19.8 Å². The van der Waals surface area contributed by atoms with E-state index in [1.165, 1.54) is 70.6 Å². The molecule has 39 heavy (non-hydrogen) atoms. The molecule has 0 fully saturated rings. The third-order valence-corrected chi connectivity index (χ3v) is 7.48. The fourth-order valence-corrected chi connectivity index (χ4v) is 4.93. The van der Waals surface area contributed by atoms with Crippen molar-refractivity contribution in [2.24, 2.45) is 5.73 Å². The van der Waals surface area contributed by atoms with Gasteiger partial charge in [-0.3, -0.25) is 18.6 Å². The Balaban J connectivity index is 4.29. The Morgan fingerprint density at radius 2 is 1.10 bits per heavy atom. The first-order valence-corrected chi connectivity index (χ1v) is 17.0. The van der Waals surface area contributed by atoms with Crippen molar-refractivity contribution in [1.82, 2.24) is 0 Å². The lowest BCUT2D eigenvalue weighted by molar-refractivity contribution is -0.161. The average molecular weight is 580 g/mol. The zero-order chi connectivity index (χ0) is 29.0. The Hall–Kier alpha value is -0.990. The van der Waals surface area contributed by atoms with Gasteiger partial charge < -0.3 is 20.1 Å². The predicted octanol–water partition coefficient (Wildman–Crippen LogP) is 7.38. The molecule has 2 atom stereocenters. The Bertz CT molecular complexity index is 634. The van der Waals surface area contributed by atoms with Crippen LogP contribution in [0, 0.1) is 0 Å². The summed E-state index contributed by atoms with van der Waals surface area (Å²) in [5, 5.41) is 0. The smallest absolute Gasteiger partial charge is 0.462 e. The zero-order valence-electron chi connectivity index (χ0n) is 24.9. The Morgan fingerprint density at radius 3 is 1.56 bits per heavy atom. The summed E-state index contributed by atoms with van der Waals surface area (Å²) in [6.45, 7) is 3.65. The second-order valence-corrected chi connectivity index (χ2v) is 11.8. The van der Waals surface area contributed by atoms with Gasteiger partial charge in [-0.05, 0) is 12.8 Å². The monoisotopic (exact) mass is 579 g/mol. The van der Waals surface area contributed by atoms with E-state index in [-0.39, 0.29) is 38.6 Å². The van der Waals surface area contributed by atoms with E-state index in [0.717, 1.165) is 38.5 Å². The number of carbonyl (C=O) groups is 2. The number of phosphoric ester groups is 1. The topological polar surface area (TPSA) is 134 Å². The van der Waals surface area contributed by atoms with Crippen LogP contribution in [0.2, 0.25) is 0 Å². The van der Waals surface area contributed by atoms with Crippen LogP contribution < -0.4 is 5.73 Å². The summed E-state index contributed by atoms with van der Waals surface area (Å²) >= 11 is 0. The number of carbonyl (C=O) groups excluding carboxylic acids is 2. The third kappa shape index (κ3) is 27.0. The molecule has 0 bridgehead atoms. The highest BCUT2D eigenvalue weighted by Gasteiger charge is 2.25. The average Bonchev–Trinajstić information content (AvgIpc) is 2.91. The second kappa shape index (κ2) is 27.2. The van der Waals surface area contributed by atoms with Gasteiger partial charge in [-0.15, -0.1) is 0 Å². The lowest BCUT2D eigenvalue weighted by atomic mass is 10.1. The van der Waals surface area contributed by atoms with Gasteiger partial charge in [0, 0.05) is 19.4 Å². The molecule has 0 aromatic heterocycles. The van der Waals surface area contributed by atoms with Crippen LogP contribution >= 0.6 is 7.82 Å². The van der Waals surface area contributed by atoms with Crippen LogP contribution in [0.15, 0.2) is 0 Å². The van der Waals surface area contributed by atoms with Gasteiger partial charge in [0.2, 0.25) is 0 Å². The van der Waals surface area contributed by atoms with Crippen molar-refractivity contribution in [2.45, 2.75) is 148 Å². The largest absolute Gasteiger partial charge is 0.472 e. The van der Waals surface area contributed by atoms with Crippen molar-refractivity contribution in [3.8, 4) is 0 Å². The second-order valence-electron chi connectivity index (χ2n) is 10.3. The Kier molecular flexibility index (Phi) is 26.5. The van der Waals surface area contributed by atoms with Crippen LogP contribution in [0.5, 0.6) is 0 Å². The molecule has 0 aromatic carbocycles. The summed E-state index contributed by atoms with van der Waals surface area (Å²) < 4.78 is 32.3. The summed E-state index contributed by atoms with van der Waals surface area (Å²) in [7, 11) is -4.35. The van der Waals surface area contributed by atoms with Gasteiger partial charge >= 0.3 is 19.8 Å². The summed E-state index contributed by atoms with van der Waals surface area (Å²) in [4.78, 5) is 34.3. The Morgan fingerprint density at radius 1 is 0.667 bits per heavy atom. The number of nitrogens with two attached hydrogens (primary N) is 1. The molecular formula is C29H58NO8P. The highest BCUT2D eigenvalue weighted by molar-refractivity contribution is 7.47. The number of hydrogen-bond donors (Lipinski definition) is 2. The molecule has 10 heteroatoms. The molecule has 0 aliphatic carbocycles. The van der Waals surface area contributed by atoms with Crippen molar-refractivity contribution in [3.05, 3.63) is 0 Å². The van der Waals surface area contributed by atoms with E-state index in [2.05, 4.69) is 13.8 Å². The molecule has 232 valence electrons. The summed E-state index contributed by atoms with van der Waals surface area (Å²) in [5.74, 6) is -0.833. The maximum absolute atomic E-state index is 12.3. The molecule has 0 spiro atoms. The molecule has 0 rings (SSSR count). The minimum Gasteiger partial charge on any atom is -0.462 e.